The lowest BCUT2D eigenvalue weighted by Crippen LogP contribution is -2.18. The first-order chi connectivity index (χ1) is 9.10. The van der Waals surface area contributed by atoms with Gasteiger partial charge in [0.1, 0.15) is 5.76 Å². The first-order valence-corrected chi connectivity index (χ1v) is 7.50. The number of hydrogen-bond acceptors (Lipinski definition) is 6. The molecule has 1 aromatic rings. The molecule has 0 aliphatic heterocycles. The highest BCUT2D eigenvalue weighted by atomic mass is 32.2. The van der Waals surface area contributed by atoms with Crippen LogP contribution in [0.4, 0.5) is 0 Å². The van der Waals surface area contributed by atoms with Crippen LogP contribution in [0.3, 0.4) is 0 Å². The van der Waals surface area contributed by atoms with E-state index in [1.807, 2.05) is 0 Å². The molecule has 0 aromatic carbocycles. The molecule has 1 heterocycles. The molecule has 19 heavy (non-hydrogen) atoms. The molecule has 0 atom stereocenters. The Balaban J connectivity index is 2.24. The number of ether oxygens (including phenoxy) is 1. The van der Waals surface area contributed by atoms with Gasteiger partial charge >= 0.3 is 0 Å². The zero-order valence-corrected chi connectivity index (χ0v) is 11.7. The molecule has 8 heteroatoms. The predicted molar refractivity (Wildman–Crippen MR) is 69.2 cm³/mol. The summed E-state index contributed by atoms with van der Waals surface area (Å²) < 4.78 is 35.4. The molecule has 0 saturated carbocycles. The van der Waals surface area contributed by atoms with E-state index in [0.717, 1.165) is 13.0 Å². The fraction of sp³-hybridized carbons (Fsp3) is 0.636. The molecular formula is C11H20N2O5S. The zero-order valence-electron chi connectivity index (χ0n) is 10.9. The summed E-state index contributed by atoms with van der Waals surface area (Å²) in [6.45, 7) is 2.14. The van der Waals surface area contributed by atoms with E-state index in [1.54, 1.807) is 6.07 Å². The Morgan fingerprint density at radius 2 is 2.16 bits per heavy atom. The Kier molecular flexibility index (Phi) is 7.03. The Bertz CT molecular complexity index is 457. The molecule has 110 valence electrons. The zero-order chi connectivity index (χ0) is 14.1. The van der Waals surface area contributed by atoms with E-state index in [-0.39, 0.29) is 11.7 Å². The predicted octanol–water partition coefficient (Wildman–Crippen LogP) is -0.324. The summed E-state index contributed by atoms with van der Waals surface area (Å²) in [5, 5.41) is 11.5. The van der Waals surface area contributed by atoms with Crippen LogP contribution in [0, 0.1) is 0 Å². The molecule has 0 aliphatic carbocycles. The highest BCUT2D eigenvalue weighted by Crippen LogP contribution is 2.12. The van der Waals surface area contributed by atoms with Gasteiger partial charge in [-0.1, -0.05) is 0 Å². The van der Waals surface area contributed by atoms with Crippen LogP contribution in [0.2, 0.25) is 0 Å². The molecule has 0 unspecified atom stereocenters. The van der Waals surface area contributed by atoms with E-state index in [9.17, 15) is 8.42 Å². The monoisotopic (exact) mass is 292 g/mol. The van der Waals surface area contributed by atoms with Crippen molar-refractivity contribution >= 4 is 10.0 Å². The highest BCUT2D eigenvalue weighted by Gasteiger charge is 2.15. The molecule has 0 amide bonds. The summed E-state index contributed by atoms with van der Waals surface area (Å²) >= 11 is 0. The quantitative estimate of drug-likeness (QED) is 0.511. The van der Waals surface area contributed by atoms with Crippen molar-refractivity contribution < 1.29 is 22.7 Å². The van der Waals surface area contributed by atoms with Crippen LogP contribution >= 0.6 is 0 Å². The van der Waals surface area contributed by atoms with Crippen molar-refractivity contribution in [1.82, 2.24) is 10.0 Å². The van der Waals surface area contributed by atoms with Crippen molar-refractivity contribution in [3.05, 3.63) is 17.9 Å². The van der Waals surface area contributed by atoms with Crippen LogP contribution in [-0.4, -0.2) is 46.9 Å². The molecule has 0 fully saturated rings. The standard InChI is InChI=1S/C11H20N2O5S/c1-12-19(15,16)11-4-3-10(18-11)9-13-5-2-7-17-8-6-14/h3-4,12-14H,2,5-9H2,1H3. The molecule has 1 rings (SSSR count). The SMILES string of the molecule is CNS(=O)(=O)c1ccc(CNCCCOCCO)o1. The van der Waals surface area contributed by atoms with E-state index in [0.29, 0.717) is 25.5 Å². The van der Waals surface area contributed by atoms with Crippen molar-refractivity contribution in [2.24, 2.45) is 0 Å². The van der Waals surface area contributed by atoms with Crippen molar-refractivity contribution in [2.75, 3.05) is 33.4 Å². The lowest BCUT2D eigenvalue weighted by molar-refractivity contribution is 0.0906. The van der Waals surface area contributed by atoms with Crippen molar-refractivity contribution in [2.45, 2.75) is 18.1 Å². The fourth-order valence-electron chi connectivity index (χ4n) is 1.38. The van der Waals surface area contributed by atoms with Gasteiger partial charge in [-0.25, -0.2) is 13.1 Å². The molecule has 0 aliphatic rings. The van der Waals surface area contributed by atoms with E-state index in [1.165, 1.54) is 13.1 Å². The van der Waals surface area contributed by atoms with Gasteiger partial charge < -0.3 is 19.6 Å². The third-order valence-corrected chi connectivity index (χ3v) is 3.63. The van der Waals surface area contributed by atoms with Crippen molar-refractivity contribution in [1.29, 1.82) is 0 Å². The van der Waals surface area contributed by atoms with Gasteiger partial charge in [0, 0.05) is 6.61 Å². The lowest BCUT2D eigenvalue weighted by Gasteiger charge is -2.03. The number of nitrogens with one attached hydrogen (secondary N) is 2. The van der Waals surface area contributed by atoms with Crippen LogP contribution in [0.15, 0.2) is 21.6 Å². The van der Waals surface area contributed by atoms with Gasteiger partial charge in [0.05, 0.1) is 19.8 Å². The maximum Gasteiger partial charge on any atom is 0.273 e. The van der Waals surface area contributed by atoms with Crippen LogP contribution < -0.4 is 10.0 Å². The number of rotatable bonds is 10. The number of aliphatic hydroxyl groups excluding tert-OH is 1. The molecule has 0 bridgehead atoms. The average Bonchev–Trinajstić information content (AvgIpc) is 2.87. The van der Waals surface area contributed by atoms with Gasteiger partial charge in [-0.15, -0.1) is 0 Å². The first-order valence-electron chi connectivity index (χ1n) is 6.01. The summed E-state index contributed by atoms with van der Waals surface area (Å²) in [5.41, 5.74) is 0. The van der Waals surface area contributed by atoms with E-state index in [4.69, 9.17) is 14.3 Å². The maximum atomic E-state index is 11.4. The number of furan rings is 1. The van der Waals surface area contributed by atoms with E-state index >= 15 is 0 Å². The molecule has 3 N–H and O–H groups in total. The van der Waals surface area contributed by atoms with Gasteiger partial charge in [-0.2, -0.15) is 0 Å². The second-order valence-corrected chi connectivity index (χ2v) is 5.61. The Morgan fingerprint density at radius 3 is 2.84 bits per heavy atom. The third-order valence-electron chi connectivity index (χ3n) is 2.35. The van der Waals surface area contributed by atoms with Gasteiger partial charge in [-0.3, -0.25) is 0 Å². The smallest absolute Gasteiger partial charge is 0.273 e. The minimum atomic E-state index is -3.51. The summed E-state index contributed by atoms with van der Waals surface area (Å²) in [5.74, 6) is 0.560. The van der Waals surface area contributed by atoms with Crippen LogP contribution in [-0.2, 0) is 21.3 Å². The van der Waals surface area contributed by atoms with Crippen molar-refractivity contribution in [3.8, 4) is 0 Å². The van der Waals surface area contributed by atoms with Crippen molar-refractivity contribution in [3.63, 3.8) is 0 Å². The van der Waals surface area contributed by atoms with Gasteiger partial charge in [0.15, 0.2) is 0 Å². The summed E-state index contributed by atoms with van der Waals surface area (Å²) in [7, 11) is -2.18. The van der Waals surface area contributed by atoms with E-state index < -0.39 is 10.0 Å². The molecule has 0 spiro atoms. The summed E-state index contributed by atoms with van der Waals surface area (Å²) in [4.78, 5) is 0. The Labute approximate surface area is 113 Å². The minimum absolute atomic E-state index is 0.0303. The number of aliphatic hydroxyl groups is 1. The third kappa shape index (κ3) is 5.70. The Hall–Kier alpha value is -0.930. The lowest BCUT2D eigenvalue weighted by atomic mass is 10.4. The topological polar surface area (TPSA) is 101 Å². The number of sulfonamides is 1. The minimum Gasteiger partial charge on any atom is -0.447 e. The maximum absolute atomic E-state index is 11.4. The van der Waals surface area contributed by atoms with E-state index in [2.05, 4.69) is 10.0 Å². The Morgan fingerprint density at radius 1 is 1.37 bits per heavy atom. The number of hydrogen-bond donors (Lipinski definition) is 3. The molecule has 7 nitrogen and oxygen atoms in total. The van der Waals surface area contributed by atoms with Gasteiger partial charge in [0.2, 0.25) is 5.09 Å². The first kappa shape index (κ1) is 16.1. The molecule has 1 aromatic heterocycles. The van der Waals surface area contributed by atoms with Crippen LogP contribution in [0.1, 0.15) is 12.2 Å². The second-order valence-electron chi connectivity index (χ2n) is 3.79. The van der Waals surface area contributed by atoms with Gasteiger partial charge in [-0.05, 0) is 32.1 Å². The largest absolute Gasteiger partial charge is 0.447 e. The molecule has 0 saturated heterocycles. The fourth-order valence-corrected chi connectivity index (χ4v) is 2.04. The van der Waals surface area contributed by atoms with Crippen LogP contribution in [0.25, 0.3) is 0 Å². The second kappa shape index (κ2) is 8.28. The van der Waals surface area contributed by atoms with Crippen LogP contribution in [0.5, 0.6) is 0 Å². The average molecular weight is 292 g/mol. The summed E-state index contributed by atoms with van der Waals surface area (Å²) in [6, 6.07) is 3.05. The van der Waals surface area contributed by atoms with Gasteiger partial charge in [0.25, 0.3) is 10.0 Å². The molecule has 0 radical (unpaired) electrons. The highest BCUT2D eigenvalue weighted by molar-refractivity contribution is 7.89. The normalized spacial score (nSPS) is 11.9. The molecular weight excluding hydrogens is 272 g/mol. The summed E-state index contributed by atoms with van der Waals surface area (Å²) in [6.07, 6.45) is 0.808.